The third-order valence-electron chi connectivity index (χ3n) is 1.97. The molecule has 0 aliphatic carbocycles. The zero-order valence-electron chi connectivity index (χ0n) is 14.7. The zero-order chi connectivity index (χ0) is 16.2. The van der Waals surface area contributed by atoms with E-state index >= 15 is 0 Å². The summed E-state index contributed by atoms with van der Waals surface area (Å²) >= 11 is 0. The first kappa shape index (κ1) is 20.5. The van der Waals surface area contributed by atoms with Crippen molar-refractivity contribution in [2.45, 2.75) is 60.1 Å². The molecule has 0 aliphatic rings. The van der Waals surface area contributed by atoms with E-state index in [9.17, 15) is 4.57 Å². The molecule has 7 heteroatoms. The minimum atomic E-state index is -3.44. The van der Waals surface area contributed by atoms with Gasteiger partial charge in [-0.2, -0.15) is 0 Å². The summed E-state index contributed by atoms with van der Waals surface area (Å²) in [5, 5.41) is 0. The number of phosphoric ester groups is 1. The second-order valence-electron chi connectivity index (χ2n) is 8.95. The normalized spacial score (nSPS) is 14.7. The maximum Gasteiger partial charge on any atom is 0.474 e. The Labute approximate surface area is 127 Å². The van der Waals surface area contributed by atoms with Gasteiger partial charge >= 0.3 is 7.82 Å². The van der Waals surface area contributed by atoms with Crippen molar-refractivity contribution in [3.05, 3.63) is 0 Å². The van der Waals surface area contributed by atoms with E-state index in [0.717, 1.165) is 0 Å². The van der Waals surface area contributed by atoms with Crippen molar-refractivity contribution in [1.82, 2.24) is 0 Å². The molecule has 0 rings (SSSR count). The van der Waals surface area contributed by atoms with Crippen LogP contribution in [0.1, 0.15) is 20.8 Å². The summed E-state index contributed by atoms with van der Waals surface area (Å²) in [5.41, 5.74) is -0.0687. The smallest absolute Gasteiger partial charge is 0.290 e. The Morgan fingerprint density at radius 2 is 1.15 bits per heavy atom. The van der Waals surface area contributed by atoms with Crippen LogP contribution in [-0.2, 0) is 18.1 Å². The van der Waals surface area contributed by atoms with Gasteiger partial charge in [0.1, 0.15) is 0 Å². The third-order valence-corrected chi connectivity index (χ3v) is 5.81. The SMILES string of the molecule is CC(C)(C)COP(=O)(OC[Si](C)(C)C)OC[Si](C)(C)C. The van der Waals surface area contributed by atoms with Crippen LogP contribution in [0.15, 0.2) is 0 Å². The Bertz CT molecular complexity index is 287. The highest BCUT2D eigenvalue weighted by atomic mass is 31.2. The molecule has 0 spiro atoms. The second kappa shape index (κ2) is 7.20. The Kier molecular flexibility index (Phi) is 7.40. The molecule has 0 saturated carbocycles. The van der Waals surface area contributed by atoms with Crippen LogP contribution in [0.25, 0.3) is 0 Å². The van der Waals surface area contributed by atoms with Crippen LogP contribution in [0.4, 0.5) is 0 Å². The summed E-state index contributed by atoms with van der Waals surface area (Å²) < 4.78 is 29.4. The second-order valence-corrected chi connectivity index (χ2v) is 21.4. The van der Waals surface area contributed by atoms with Gasteiger partial charge < -0.3 is 0 Å². The fourth-order valence-electron chi connectivity index (χ4n) is 0.930. The van der Waals surface area contributed by atoms with Crippen LogP contribution in [0.5, 0.6) is 0 Å². The lowest BCUT2D eigenvalue weighted by Gasteiger charge is -2.27. The lowest BCUT2D eigenvalue weighted by Crippen LogP contribution is -2.31. The first-order valence-corrected chi connectivity index (χ1v) is 16.0. The molecule has 0 N–H and O–H groups in total. The predicted octanol–water partition coefficient (Wildman–Crippen LogP) is 4.95. The Hall–Kier alpha value is 0.544. The summed E-state index contributed by atoms with van der Waals surface area (Å²) in [6.45, 7) is 19.5. The summed E-state index contributed by atoms with van der Waals surface area (Å²) in [4.78, 5) is 0. The van der Waals surface area contributed by atoms with Gasteiger partial charge in [-0.1, -0.05) is 60.1 Å². The molecule has 0 radical (unpaired) electrons. The van der Waals surface area contributed by atoms with Crippen molar-refractivity contribution in [1.29, 1.82) is 0 Å². The monoisotopic (exact) mass is 340 g/mol. The molecule has 0 aromatic rings. The Morgan fingerprint density at radius 3 is 1.40 bits per heavy atom. The molecule has 0 atom stereocenters. The molecule has 0 aliphatic heterocycles. The van der Waals surface area contributed by atoms with Crippen LogP contribution in [0, 0.1) is 5.41 Å². The van der Waals surface area contributed by atoms with Crippen LogP contribution in [0.2, 0.25) is 39.3 Å². The molecule has 4 nitrogen and oxygen atoms in total. The average molecular weight is 341 g/mol. The van der Waals surface area contributed by atoms with Crippen molar-refractivity contribution < 1.29 is 18.1 Å². The molecule has 0 bridgehead atoms. The van der Waals surface area contributed by atoms with Gasteiger partial charge in [0.05, 0.1) is 22.8 Å². The van der Waals surface area contributed by atoms with Crippen molar-refractivity contribution in [3.63, 3.8) is 0 Å². The van der Waals surface area contributed by atoms with Gasteiger partial charge in [-0.15, -0.1) is 0 Å². The molecule has 0 fully saturated rings. The van der Waals surface area contributed by atoms with Crippen molar-refractivity contribution in [3.8, 4) is 0 Å². The first-order chi connectivity index (χ1) is 8.62. The quantitative estimate of drug-likeness (QED) is 0.463. The maximum absolute atomic E-state index is 12.7. The number of hydrogen-bond donors (Lipinski definition) is 0. The minimum Gasteiger partial charge on any atom is -0.290 e. The molecule has 20 heavy (non-hydrogen) atoms. The molecule has 0 aromatic carbocycles. The van der Waals surface area contributed by atoms with Crippen molar-refractivity contribution >= 4 is 24.0 Å². The van der Waals surface area contributed by atoms with Crippen LogP contribution in [0.3, 0.4) is 0 Å². The highest BCUT2D eigenvalue weighted by Crippen LogP contribution is 2.51. The van der Waals surface area contributed by atoms with E-state index < -0.39 is 24.0 Å². The van der Waals surface area contributed by atoms with Crippen molar-refractivity contribution in [2.24, 2.45) is 5.41 Å². The Balaban J connectivity index is 4.71. The highest BCUT2D eigenvalue weighted by Gasteiger charge is 2.33. The topological polar surface area (TPSA) is 44.8 Å². The predicted molar refractivity (Wildman–Crippen MR) is 91.6 cm³/mol. The molecule has 0 amide bonds. The van der Waals surface area contributed by atoms with Gasteiger partial charge in [0, 0.05) is 12.5 Å². The van der Waals surface area contributed by atoms with Crippen LogP contribution < -0.4 is 0 Å². The van der Waals surface area contributed by atoms with E-state index in [1.165, 1.54) is 0 Å². The largest absolute Gasteiger partial charge is 0.474 e. The van der Waals surface area contributed by atoms with E-state index in [2.05, 4.69) is 39.3 Å². The van der Waals surface area contributed by atoms with Gasteiger partial charge in [-0.3, -0.25) is 13.6 Å². The average Bonchev–Trinajstić information content (AvgIpc) is 2.18. The standard InChI is InChI=1S/C13H33O4PSi2/c1-13(2,3)10-15-18(14,16-11-19(4,5)6)17-12-20(7,8)9/h10-12H2,1-9H3. The number of hydrogen-bond acceptors (Lipinski definition) is 4. The van der Waals surface area contributed by atoms with E-state index in [0.29, 0.717) is 19.1 Å². The lowest BCUT2D eigenvalue weighted by atomic mass is 9.99. The van der Waals surface area contributed by atoms with Crippen LogP contribution >= 0.6 is 7.82 Å². The minimum absolute atomic E-state index is 0.0687. The first-order valence-electron chi connectivity index (χ1n) is 7.16. The number of phosphoric acid groups is 1. The fraction of sp³-hybridized carbons (Fsp3) is 1.00. The third kappa shape index (κ3) is 12.3. The summed E-state index contributed by atoms with van der Waals surface area (Å²) in [5.74, 6) is 0. The number of rotatable bonds is 8. The van der Waals surface area contributed by atoms with Gasteiger partial charge in [0.15, 0.2) is 0 Å². The van der Waals surface area contributed by atoms with Gasteiger partial charge in [-0.05, 0) is 5.41 Å². The molecule has 0 saturated heterocycles. The summed E-state index contributed by atoms with van der Waals surface area (Å²) in [6.07, 6.45) is 0.972. The van der Waals surface area contributed by atoms with E-state index in [-0.39, 0.29) is 5.41 Å². The van der Waals surface area contributed by atoms with E-state index in [1.807, 2.05) is 20.8 Å². The van der Waals surface area contributed by atoms with Crippen LogP contribution in [-0.4, -0.2) is 35.2 Å². The summed E-state index contributed by atoms with van der Waals surface area (Å²) in [6, 6.07) is 0. The maximum atomic E-state index is 12.7. The van der Waals surface area contributed by atoms with E-state index in [4.69, 9.17) is 13.6 Å². The zero-order valence-corrected chi connectivity index (χ0v) is 17.6. The Morgan fingerprint density at radius 1 is 0.800 bits per heavy atom. The van der Waals surface area contributed by atoms with Gasteiger partial charge in [0.25, 0.3) is 0 Å². The fourth-order valence-corrected chi connectivity index (χ4v) is 6.06. The highest BCUT2D eigenvalue weighted by molar-refractivity contribution is 7.48. The molecule has 122 valence electrons. The molecule has 0 unspecified atom stereocenters. The molecular formula is C13H33O4PSi2. The van der Waals surface area contributed by atoms with Crippen molar-refractivity contribution in [2.75, 3.05) is 19.1 Å². The molecular weight excluding hydrogens is 307 g/mol. The van der Waals surface area contributed by atoms with E-state index in [1.54, 1.807) is 0 Å². The lowest BCUT2D eigenvalue weighted by molar-refractivity contribution is 0.102. The van der Waals surface area contributed by atoms with Gasteiger partial charge in [0.2, 0.25) is 0 Å². The van der Waals surface area contributed by atoms with Gasteiger partial charge in [-0.25, -0.2) is 4.57 Å². The summed E-state index contributed by atoms with van der Waals surface area (Å²) in [7, 11) is -6.36. The molecule has 0 aromatic heterocycles. The molecule has 0 heterocycles.